The van der Waals surface area contributed by atoms with Crippen molar-refractivity contribution in [1.82, 2.24) is 9.97 Å². The Balaban J connectivity index is 1.44. The summed E-state index contributed by atoms with van der Waals surface area (Å²) in [6, 6.07) is 10.9. The minimum atomic E-state index is -1.50. The molecule has 0 bridgehead atoms. The predicted molar refractivity (Wildman–Crippen MR) is 118 cm³/mol. The molecule has 0 spiro atoms. The smallest absolute Gasteiger partial charge is 0.194 e. The Labute approximate surface area is 189 Å². The second kappa shape index (κ2) is 9.98. The Morgan fingerprint density at radius 2 is 1.42 bits per heavy atom. The number of aromatic nitrogens is 2. The van der Waals surface area contributed by atoms with Gasteiger partial charge in [0.15, 0.2) is 23.2 Å². The molecule has 170 valence electrons. The molecule has 0 saturated carbocycles. The highest BCUT2D eigenvalue weighted by molar-refractivity contribution is 5.84. The van der Waals surface area contributed by atoms with E-state index in [0.717, 1.165) is 23.1 Å². The molecule has 0 saturated heterocycles. The van der Waals surface area contributed by atoms with Crippen LogP contribution in [-0.2, 0) is 25.7 Å². The van der Waals surface area contributed by atoms with E-state index in [9.17, 15) is 13.2 Å². The molecule has 1 aromatic heterocycles. The standard InChI is InChI=1S/C26H22F4N2O/c1-2-33-20-14-31-24(32-15-20)10-5-16-4-9-21-19(11-16)8-7-18(25(21)29)6-3-17-12-22(27)26(30)23(28)13-17/h4,7-9,11-15H,2-3,5-6,10H2,1H3. The van der Waals surface area contributed by atoms with Gasteiger partial charge in [0.05, 0.1) is 19.0 Å². The molecule has 7 heteroatoms. The quantitative estimate of drug-likeness (QED) is 0.236. The van der Waals surface area contributed by atoms with Gasteiger partial charge in [0.25, 0.3) is 0 Å². The van der Waals surface area contributed by atoms with Gasteiger partial charge >= 0.3 is 0 Å². The van der Waals surface area contributed by atoms with Gasteiger partial charge in [-0.15, -0.1) is 0 Å². The van der Waals surface area contributed by atoms with E-state index in [0.29, 0.717) is 42.0 Å². The molecular weight excluding hydrogens is 432 g/mol. The van der Waals surface area contributed by atoms with Crippen molar-refractivity contribution in [3.05, 3.63) is 101 Å². The molecule has 0 aliphatic rings. The van der Waals surface area contributed by atoms with Crippen LogP contribution in [0, 0.1) is 23.3 Å². The van der Waals surface area contributed by atoms with E-state index < -0.39 is 17.5 Å². The van der Waals surface area contributed by atoms with Crippen LogP contribution in [0.5, 0.6) is 5.75 Å². The highest BCUT2D eigenvalue weighted by atomic mass is 19.2. The summed E-state index contributed by atoms with van der Waals surface area (Å²) in [6.07, 6.45) is 5.08. The highest BCUT2D eigenvalue weighted by Gasteiger charge is 2.13. The van der Waals surface area contributed by atoms with Crippen LogP contribution in [0.25, 0.3) is 10.8 Å². The molecule has 3 nitrogen and oxygen atoms in total. The minimum Gasteiger partial charge on any atom is -0.491 e. The molecule has 0 radical (unpaired) electrons. The average molecular weight is 454 g/mol. The van der Waals surface area contributed by atoms with Crippen molar-refractivity contribution in [1.29, 1.82) is 0 Å². The van der Waals surface area contributed by atoms with E-state index in [4.69, 9.17) is 4.74 Å². The van der Waals surface area contributed by atoms with Gasteiger partial charge in [-0.1, -0.05) is 30.3 Å². The van der Waals surface area contributed by atoms with Crippen molar-refractivity contribution < 1.29 is 22.3 Å². The maximum absolute atomic E-state index is 15.0. The Bertz CT molecular complexity index is 1250. The fourth-order valence-corrected chi connectivity index (χ4v) is 3.74. The van der Waals surface area contributed by atoms with E-state index >= 15 is 4.39 Å². The first-order chi connectivity index (χ1) is 15.9. The second-order valence-corrected chi connectivity index (χ2v) is 7.74. The van der Waals surface area contributed by atoms with Crippen molar-refractivity contribution in [2.75, 3.05) is 6.61 Å². The van der Waals surface area contributed by atoms with Crippen LogP contribution in [0.3, 0.4) is 0 Å². The monoisotopic (exact) mass is 454 g/mol. The number of benzene rings is 3. The van der Waals surface area contributed by atoms with E-state index in [1.54, 1.807) is 24.5 Å². The fraction of sp³-hybridized carbons (Fsp3) is 0.231. The van der Waals surface area contributed by atoms with Gasteiger partial charge in [-0.25, -0.2) is 27.5 Å². The zero-order valence-electron chi connectivity index (χ0n) is 18.0. The van der Waals surface area contributed by atoms with E-state index in [-0.39, 0.29) is 24.2 Å². The number of halogens is 4. The van der Waals surface area contributed by atoms with Crippen LogP contribution < -0.4 is 4.74 Å². The number of fused-ring (bicyclic) bond motifs is 1. The molecule has 0 aliphatic heterocycles. The Morgan fingerprint density at radius 3 is 2.12 bits per heavy atom. The molecule has 0 fully saturated rings. The Hall–Kier alpha value is -3.48. The van der Waals surface area contributed by atoms with Gasteiger partial charge in [0.1, 0.15) is 11.6 Å². The van der Waals surface area contributed by atoms with Gasteiger partial charge in [-0.05, 0) is 60.4 Å². The third kappa shape index (κ3) is 5.30. The molecule has 0 amide bonds. The van der Waals surface area contributed by atoms with Crippen LogP contribution >= 0.6 is 0 Å². The summed E-state index contributed by atoms with van der Waals surface area (Å²) in [5.41, 5.74) is 1.74. The molecule has 0 aliphatic carbocycles. The normalized spacial score (nSPS) is 11.2. The van der Waals surface area contributed by atoms with Gasteiger partial charge in [-0.3, -0.25) is 0 Å². The third-order valence-electron chi connectivity index (χ3n) is 5.45. The van der Waals surface area contributed by atoms with Crippen LogP contribution in [0.4, 0.5) is 17.6 Å². The maximum Gasteiger partial charge on any atom is 0.194 e. The summed E-state index contributed by atoms with van der Waals surface area (Å²) >= 11 is 0. The van der Waals surface area contributed by atoms with E-state index in [1.807, 2.05) is 25.1 Å². The summed E-state index contributed by atoms with van der Waals surface area (Å²) in [5, 5.41) is 1.24. The number of nitrogens with zero attached hydrogens (tertiary/aromatic N) is 2. The second-order valence-electron chi connectivity index (χ2n) is 7.74. The first kappa shape index (κ1) is 22.7. The maximum atomic E-state index is 15.0. The molecule has 0 N–H and O–H groups in total. The largest absolute Gasteiger partial charge is 0.491 e. The van der Waals surface area contributed by atoms with Gasteiger partial charge in [0.2, 0.25) is 0 Å². The SMILES string of the molecule is CCOc1cnc(CCc2ccc3c(F)c(CCc4cc(F)c(F)c(F)c4)ccc3c2)nc1. The molecular formula is C26H22F4N2O. The first-order valence-corrected chi connectivity index (χ1v) is 10.7. The van der Waals surface area contributed by atoms with Crippen molar-refractivity contribution >= 4 is 10.8 Å². The molecule has 1 heterocycles. The van der Waals surface area contributed by atoms with Crippen molar-refractivity contribution in [3.8, 4) is 5.75 Å². The number of hydrogen-bond acceptors (Lipinski definition) is 3. The summed E-state index contributed by atoms with van der Waals surface area (Å²) in [4.78, 5) is 8.60. The highest BCUT2D eigenvalue weighted by Crippen LogP contribution is 2.25. The lowest BCUT2D eigenvalue weighted by Gasteiger charge is -2.09. The van der Waals surface area contributed by atoms with Crippen LogP contribution in [0.1, 0.15) is 29.4 Å². The fourth-order valence-electron chi connectivity index (χ4n) is 3.74. The third-order valence-corrected chi connectivity index (χ3v) is 5.45. The summed E-state index contributed by atoms with van der Waals surface area (Å²) in [6.45, 7) is 2.45. The molecule has 0 atom stereocenters. The molecule has 3 aromatic carbocycles. The van der Waals surface area contributed by atoms with Crippen molar-refractivity contribution in [3.63, 3.8) is 0 Å². The summed E-state index contributed by atoms with van der Waals surface area (Å²) in [7, 11) is 0. The molecule has 33 heavy (non-hydrogen) atoms. The molecule has 0 unspecified atom stereocenters. The zero-order chi connectivity index (χ0) is 23.4. The number of aryl methyl sites for hydroxylation is 4. The lowest BCUT2D eigenvalue weighted by atomic mass is 9.98. The first-order valence-electron chi connectivity index (χ1n) is 10.7. The van der Waals surface area contributed by atoms with Gasteiger partial charge < -0.3 is 4.74 Å². The van der Waals surface area contributed by atoms with E-state index in [2.05, 4.69) is 9.97 Å². The van der Waals surface area contributed by atoms with Crippen LogP contribution in [-0.4, -0.2) is 16.6 Å². The van der Waals surface area contributed by atoms with Crippen molar-refractivity contribution in [2.24, 2.45) is 0 Å². The average Bonchev–Trinajstić information content (AvgIpc) is 2.82. The lowest BCUT2D eigenvalue weighted by molar-refractivity contribution is 0.337. The Kier molecular flexibility index (Phi) is 6.87. The van der Waals surface area contributed by atoms with Crippen LogP contribution in [0.2, 0.25) is 0 Å². The number of hydrogen-bond donors (Lipinski definition) is 0. The number of rotatable bonds is 8. The van der Waals surface area contributed by atoms with Gasteiger partial charge in [-0.2, -0.15) is 0 Å². The summed E-state index contributed by atoms with van der Waals surface area (Å²) < 4.78 is 60.3. The molecule has 4 aromatic rings. The van der Waals surface area contributed by atoms with Crippen LogP contribution in [0.15, 0.2) is 54.9 Å². The lowest BCUT2D eigenvalue weighted by Crippen LogP contribution is -2.00. The Morgan fingerprint density at radius 1 is 0.727 bits per heavy atom. The minimum absolute atomic E-state index is 0.191. The predicted octanol–water partition coefficient (Wildman–Crippen LogP) is 6.16. The van der Waals surface area contributed by atoms with E-state index in [1.165, 1.54) is 0 Å². The van der Waals surface area contributed by atoms with Gasteiger partial charge in [0, 0.05) is 11.8 Å². The zero-order valence-corrected chi connectivity index (χ0v) is 18.0. The summed E-state index contributed by atoms with van der Waals surface area (Å²) in [5.74, 6) is -3.02. The topological polar surface area (TPSA) is 35.0 Å². The molecule has 4 rings (SSSR count). The number of ether oxygens (including phenoxy) is 1. The van der Waals surface area contributed by atoms with Crippen molar-refractivity contribution in [2.45, 2.75) is 32.6 Å².